The normalized spacial score (nSPS) is 12.1. The molecule has 0 aliphatic heterocycles. The summed E-state index contributed by atoms with van der Waals surface area (Å²) >= 11 is 0. The van der Waals surface area contributed by atoms with Crippen LogP contribution in [0.15, 0.2) is 30.3 Å². The first-order valence-corrected chi connectivity index (χ1v) is 4.36. The molecule has 14 heavy (non-hydrogen) atoms. The number of nitrogens with one attached hydrogen (secondary N) is 1. The molecule has 76 valence electrons. The molecular formula is C10H13NO3. The van der Waals surface area contributed by atoms with Crippen LogP contribution in [0.5, 0.6) is 0 Å². The molecule has 0 aliphatic carbocycles. The van der Waals surface area contributed by atoms with Gasteiger partial charge in [0.15, 0.2) is 0 Å². The van der Waals surface area contributed by atoms with Gasteiger partial charge in [0.25, 0.3) is 0 Å². The fourth-order valence-corrected chi connectivity index (χ4v) is 1.23. The number of amides is 1. The van der Waals surface area contributed by atoms with E-state index in [0.717, 1.165) is 5.56 Å². The summed E-state index contributed by atoms with van der Waals surface area (Å²) in [6, 6.07) is 9.00. The molecule has 1 aromatic carbocycles. The van der Waals surface area contributed by atoms with Gasteiger partial charge < -0.3 is 15.5 Å². The van der Waals surface area contributed by atoms with Gasteiger partial charge in [0.05, 0.1) is 12.6 Å². The van der Waals surface area contributed by atoms with Crippen LogP contribution in [0.2, 0.25) is 0 Å². The van der Waals surface area contributed by atoms with Gasteiger partial charge in [-0.25, -0.2) is 4.79 Å². The van der Waals surface area contributed by atoms with Gasteiger partial charge in [-0.3, -0.25) is 0 Å². The van der Waals surface area contributed by atoms with Crippen LogP contribution in [0.3, 0.4) is 0 Å². The lowest BCUT2D eigenvalue weighted by atomic mass is 10.1. The van der Waals surface area contributed by atoms with E-state index in [0.29, 0.717) is 6.42 Å². The highest BCUT2D eigenvalue weighted by Gasteiger charge is 2.10. The molecule has 0 saturated carbocycles. The topological polar surface area (TPSA) is 69.6 Å². The van der Waals surface area contributed by atoms with E-state index in [-0.39, 0.29) is 6.61 Å². The van der Waals surface area contributed by atoms with Crippen LogP contribution in [0.4, 0.5) is 4.79 Å². The van der Waals surface area contributed by atoms with Crippen molar-refractivity contribution in [3.05, 3.63) is 35.9 Å². The molecule has 0 radical (unpaired) electrons. The second-order valence-electron chi connectivity index (χ2n) is 3.02. The van der Waals surface area contributed by atoms with Crippen molar-refractivity contribution >= 4 is 6.09 Å². The van der Waals surface area contributed by atoms with Crippen LogP contribution < -0.4 is 5.32 Å². The minimum atomic E-state index is -1.11. The van der Waals surface area contributed by atoms with Crippen LogP contribution in [0, 0.1) is 0 Å². The van der Waals surface area contributed by atoms with Crippen molar-refractivity contribution in [1.82, 2.24) is 5.32 Å². The molecule has 0 fully saturated rings. The molecule has 0 spiro atoms. The lowest BCUT2D eigenvalue weighted by Crippen LogP contribution is -2.38. The molecule has 3 N–H and O–H groups in total. The first kappa shape index (κ1) is 10.5. The van der Waals surface area contributed by atoms with Gasteiger partial charge in [-0.1, -0.05) is 30.3 Å². The Morgan fingerprint density at radius 3 is 2.50 bits per heavy atom. The van der Waals surface area contributed by atoms with Crippen LogP contribution in [0.25, 0.3) is 0 Å². The Bertz CT molecular complexity index is 287. The molecule has 0 saturated heterocycles. The average Bonchev–Trinajstić information content (AvgIpc) is 2.17. The predicted molar refractivity (Wildman–Crippen MR) is 52.2 cm³/mol. The molecule has 0 heterocycles. The maximum atomic E-state index is 10.3. The van der Waals surface area contributed by atoms with Gasteiger partial charge >= 0.3 is 6.09 Å². The van der Waals surface area contributed by atoms with Crippen LogP contribution in [-0.2, 0) is 6.42 Å². The summed E-state index contributed by atoms with van der Waals surface area (Å²) in [6.45, 7) is -0.193. The van der Waals surface area contributed by atoms with E-state index in [4.69, 9.17) is 10.2 Å². The minimum Gasteiger partial charge on any atom is -0.465 e. The summed E-state index contributed by atoms with van der Waals surface area (Å²) in [5.41, 5.74) is 1.00. The molecule has 1 aromatic rings. The first-order valence-electron chi connectivity index (χ1n) is 4.36. The highest BCUT2D eigenvalue weighted by atomic mass is 16.4. The van der Waals surface area contributed by atoms with Crippen LogP contribution in [-0.4, -0.2) is 29.0 Å². The van der Waals surface area contributed by atoms with Crippen molar-refractivity contribution in [3.63, 3.8) is 0 Å². The monoisotopic (exact) mass is 195 g/mol. The second kappa shape index (κ2) is 5.24. The molecule has 1 amide bonds. The predicted octanol–water partition coefficient (Wildman–Crippen LogP) is 0.858. The van der Waals surface area contributed by atoms with Crippen molar-refractivity contribution in [2.24, 2.45) is 0 Å². The van der Waals surface area contributed by atoms with E-state index in [1.54, 1.807) is 0 Å². The van der Waals surface area contributed by atoms with Crippen molar-refractivity contribution in [3.8, 4) is 0 Å². The third-order valence-corrected chi connectivity index (χ3v) is 1.87. The fourth-order valence-electron chi connectivity index (χ4n) is 1.23. The number of carbonyl (C=O) groups is 1. The lowest BCUT2D eigenvalue weighted by Gasteiger charge is -2.13. The molecule has 0 unspecified atom stereocenters. The Morgan fingerprint density at radius 2 is 2.00 bits per heavy atom. The van der Waals surface area contributed by atoms with Crippen LogP contribution in [0.1, 0.15) is 5.56 Å². The molecular weight excluding hydrogens is 182 g/mol. The quantitative estimate of drug-likeness (QED) is 0.667. The van der Waals surface area contributed by atoms with Crippen molar-refractivity contribution in [2.45, 2.75) is 12.5 Å². The summed E-state index contributed by atoms with van der Waals surface area (Å²) in [7, 11) is 0. The third kappa shape index (κ3) is 3.45. The third-order valence-electron chi connectivity index (χ3n) is 1.87. The zero-order valence-electron chi connectivity index (χ0n) is 7.68. The van der Waals surface area contributed by atoms with E-state index in [1.165, 1.54) is 0 Å². The molecule has 4 heteroatoms. The Labute approximate surface area is 82.2 Å². The van der Waals surface area contributed by atoms with E-state index >= 15 is 0 Å². The highest BCUT2D eigenvalue weighted by molar-refractivity contribution is 5.64. The Hall–Kier alpha value is -1.55. The number of aliphatic hydroxyl groups excluding tert-OH is 1. The zero-order chi connectivity index (χ0) is 10.4. The Balaban J connectivity index is 2.53. The van der Waals surface area contributed by atoms with Crippen molar-refractivity contribution in [1.29, 1.82) is 0 Å². The number of benzene rings is 1. The number of hydrogen-bond acceptors (Lipinski definition) is 2. The van der Waals surface area contributed by atoms with Crippen LogP contribution >= 0.6 is 0 Å². The SMILES string of the molecule is O=C(O)N[C@H](CO)Cc1ccccc1. The number of rotatable bonds is 4. The smallest absolute Gasteiger partial charge is 0.404 e. The van der Waals surface area contributed by atoms with Gasteiger partial charge in [0, 0.05) is 0 Å². The van der Waals surface area contributed by atoms with Gasteiger partial charge in [-0.2, -0.15) is 0 Å². The maximum Gasteiger partial charge on any atom is 0.404 e. The molecule has 0 aromatic heterocycles. The Morgan fingerprint density at radius 1 is 1.36 bits per heavy atom. The van der Waals surface area contributed by atoms with E-state index in [1.807, 2.05) is 30.3 Å². The average molecular weight is 195 g/mol. The molecule has 0 bridgehead atoms. The van der Waals surface area contributed by atoms with E-state index in [9.17, 15) is 4.79 Å². The summed E-state index contributed by atoms with van der Waals surface area (Å²) in [5, 5.41) is 19.6. The van der Waals surface area contributed by atoms with E-state index in [2.05, 4.69) is 5.32 Å². The number of hydrogen-bond donors (Lipinski definition) is 3. The van der Waals surface area contributed by atoms with Crippen molar-refractivity contribution in [2.75, 3.05) is 6.61 Å². The van der Waals surface area contributed by atoms with Crippen molar-refractivity contribution < 1.29 is 15.0 Å². The standard InChI is InChI=1S/C10H13NO3/c12-7-9(11-10(13)14)6-8-4-2-1-3-5-8/h1-5,9,11-12H,6-7H2,(H,13,14)/t9-/m0/s1. The summed E-state index contributed by atoms with van der Waals surface area (Å²) in [5.74, 6) is 0. The summed E-state index contributed by atoms with van der Waals surface area (Å²) in [4.78, 5) is 10.3. The maximum absolute atomic E-state index is 10.3. The van der Waals surface area contributed by atoms with Gasteiger partial charge in [-0.05, 0) is 12.0 Å². The highest BCUT2D eigenvalue weighted by Crippen LogP contribution is 2.02. The first-order chi connectivity index (χ1) is 6.72. The molecule has 4 nitrogen and oxygen atoms in total. The van der Waals surface area contributed by atoms with Gasteiger partial charge in [-0.15, -0.1) is 0 Å². The van der Waals surface area contributed by atoms with E-state index < -0.39 is 12.1 Å². The lowest BCUT2D eigenvalue weighted by molar-refractivity contribution is 0.177. The Kier molecular flexibility index (Phi) is 3.94. The second-order valence-corrected chi connectivity index (χ2v) is 3.02. The van der Waals surface area contributed by atoms with Gasteiger partial charge in [0.1, 0.15) is 0 Å². The zero-order valence-corrected chi connectivity index (χ0v) is 7.68. The summed E-state index contributed by atoms with van der Waals surface area (Å²) < 4.78 is 0. The number of carboxylic acid groups (broad SMARTS) is 1. The fraction of sp³-hybridized carbons (Fsp3) is 0.300. The number of aliphatic hydroxyl groups is 1. The molecule has 1 atom stereocenters. The minimum absolute atomic E-state index is 0.193. The summed E-state index contributed by atoms with van der Waals surface area (Å²) in [6.07, 6.45) is -0.608. The molecule has 0 aliphatic rings. The molecule has 1 rings (SSSR count). The van der Waals surface area contributed by atoms with Gasteiger partial charge in [0.2, 0.25) is 0 Å². The largest absolute Gasteiger partial charge is 0.465 e.